The number of carbonyl (C=O) groups is 2. The van der Waals surface area contributed by atoms with Crippen molar-refractivity contribution in [2.75, 3.05) is 26.2 Å². The Morgan fingerprint density at radius 1 is 0.812 bits per heavy atom. The highest BCUT2D eigenvalue weighted by molar-refractivity contribution is 5.94. The van der Waals surface area contributed by atoms with Crippen LogP contribution in [0.5, 0.6) is 0 Å². The Morgan fingerprint density at radius 2 is 1.38 bits per heavy atom. The van der Waals surface area contributed by atoms with E-state index in [1.807, 2.05) is 35.2 Å². The van der Waals surface area contributed by atoms with Crippen LogP contribution >= 0.6 is 0 Å². The van der Waals surface area contributed by atoms with Crippen LogP contribution in [-0.4, -0.2) is 47.8 Å². The van der Waals surface area contributed by atoms with Crippen LogP contribution < -0.4 is 0 Å². The van der Waals surface area contributed by atoms with Gasteiger partial charge >= 0.3 is 0 Å². The Bertz CT molecular complexity index is 929. The summed E-state index contributed by atoms with van der Waals surface area (Å²) in [7, 11) is 0. The summed E-state index contributed by atoms with van der Waals surface area (Å²) in [6.07, 6.45) is 10.7. The number of nitrogens with zero attached hydrogens (tertiary/aromatic N) is 2. The second-order valence-corrected chi connectivity index (χ2v) is 11.6. The van der Waals surface area contributed by atoms with Gasteiger partial charge in [-0.1, -0.05) is 24.1 Å². The normalized spacial score (nSPS) is 34.4. The van der Waals surface area contributed by atoms with E-state index in [-0.39, 0.29) is 16.7 Å². The lowest BCUT2D eigenvalue weighted by molar-refractivity contribution is -0.157. The summed E-state index contributed by atoms with van der Waals surface area (Å²) in [6, 6.07) is 9.69. The van der Waals surface area contributed by atoms with E-state index in [0.717, 1.165) is 88.0 Å². The van der Waals surface area contributed by atoms with Crippen LogP contribution in [0, 0.1) is 40.4 Å². The number of rotatable bonds is 1. The van der Waals surface area contributed by atoms with Crippen molar-refractivity contribution < 1.29 is 9.59 Å². The van der Waals surface area contributed by atoms with Crippen LogP contribution in [0.3, 0.4) is 0 Å². The average molecular weight is 431 g/mol. The van der Waals surface area contributed by atoms with Gasteiger partial charge in [-0.3, -0.25) is 9.59 Å². The molecule has 168 valence electrons. The number of hydrogen-bond donors (Lipinski definition) is 0. The van der Waals surface area contributed by atoms with Crippen molar-refractivity contribution in [1.82, 2.24) is 9.80 Å². The van der Waals surface area contributed by atoms with Crippen LogP contribution in [-0.2, 0) is 9.59 Å². The van der Waals surface area contributed by atoms with Gasteiger partial charge in [-0.15, -0.1) is 0 Å². The lowest BCUT2D eigenvalue weighted by Crippen LogP contribution is -2.54. The Kier molecular flexibility index (Phi) is 4.86. The van der Waals surface area contributed by atoms with Crippen molar-refractivity contribution >= 4 is 11.8 Å². The minimum absolute atomic E-state index is 0.0238. The predicted octanol–water partition coefficient (Wildman–Crippen LogP) is 4.10. The van der Waals surface area contributed by atoms with E-state index in [2.05, 4.69) is 16.7 Å². The molecular formula is C28H34N2O2. The summed E-state index contributed by atoms with van der Waals surface area (Å²) in [5.41, 5.74) is 1.06. The number of benzene rings is 1. The Hall–Kier alpha value is -2.28. The van der Waals surface area contributed by atoms with Crippen molar-refractivity contribution in [2.45, 2.75) is 57.8 Å². The summed E-state index contributed by atoms with van der Waals surface area (Å²) >= 11 is 0. The second-order valence-electron chi connectivity index (χ2n) is 11.6. The molecule has 6 aliphatic rings. The van der Waals surface area contributed by atoms with E-state index >= 15 is 0 Å². The Morgan fingerprint density at radius 3 is 1.97 bits per heavy atom. The summed E-state index contributed by atoms with van der Waals surface area (Å²) < 4.78 is 0. The fraction of sp³-hybridized carbons (Fsp3) is 0.643. The molecule has 2 amide bonds. The van der Waals surface area contributed by atoms with Crippen molar-refractivity contribution in [3.05, 3.63) is 35.9 Å². The SMILES string of the molecule is O=C(C#Cc1ccccc1)N1CCC2(CC1)CCN(C(=O)C13CC4CC(CC(C4)C1)C3)C2. The lowest BCUT2D eigenvalue weighted by atomic mass is 9.49. The highest BCUT2D eigenvalue weighted by Gasteiger charge is 2.57. The van der Waals surface area contributed by atoms with Gasteiger partial charge in [0.25, 0.3) is 5.91 Å². The standard InChI is InChI=1S/C28H34N2O2/c31-25(7-6-21-4-2-1-3-5-21)29-11-8-27(9-12-29)10-13-30(20-27)26(32)28-17-22-14-23(18-28)16-24(15-22)19-28/h1-5,22-24H,8-20H2. The second kappa shape index (κ2) is 7.65. The topological polar surface area (TPSA) is 40.6 Å². The molecule has 1 aromatic carbocycles. The molecule has 0 N–H and O–H groups in total. The Labute approximate surface area is 191 Å². The molecule has 0 aromatic heterocycles. The third kappa shape index (κ3) is 3.54. The lowest BCUT2D eigenvalue weighted by Gasteiger charge is -2.56. The van der Waals surface area contributed by atoms with Gasteiger partial charge in [-0.2, -0.15) is 0 Å². The Balaban J connectivity index is 1.07. The van der Waals surface area contributed by atoms with Crippen LogP contribution in [0.25, 0.3) is 0 Å². The fourth-order valence-corrected chi connectivity index (χ4v) is 8.13. The maximum absolute atomic E-state index is 13.8. The van der Waals surface area contributed by atoms with E-state index in [0.29, 0.717) is 5.91 Å². The largest absolute Gasteiger partial charge is 0.342 e. The van der Waals surface area contributed by atoms with E-state index in [9.17, 15) is 9.59 Å². The monoisotopic (exact) mass is 430 g/mol. The van der Waals surface area contributed by atoms with Crippen LogP contribution in [0.15, 0.2) is 30.3 Å². The number of piperidine rings is 1. The molecule has 0 radical (unpaired) electrons. The first-order valence-electron chi connectivity index (χ1n) is 12.7. The van der Waals surface area contributed by atoms with E-state index < -0.39 is 0 Å². The molecule has 4 aliphatic carbocycles. The van der Waals surface area contributed by atoms with Gasteiger partial charge in [-0.05, 0) is 93.1 Å². The molecular weight excluding hydrogens is 396 g/mol. The molecule has 4 bridgehead atoms. The van der Waals surface area contributed by atoms with Crippen molar-refractivity contribution in [3.8, 4) is 11.8 Å². The molecule has 2 aliphatic heterocycles. The van der Waals surface area contributed by atoms with Gasteiger partial charge in [0.2, 0.25) is 5.91 Å². The summed E-state index contributed by atoms with van der Waals surface area (Å²) in [5.74, 6) is 8.67. The minimum atomic E-state index is -0.0665. The molecule has 0 atom stereocenters. The minimum Gasteiger partial charge on any atom is -0.342 e. The maximum atomic E-state index is 13.8. The van der Waals surface area contributed by atoms with Gasteiger partial charge in [0, 0.05) is 37.7 Å². The first kappa shape index (κ1) is 20.3. The molecule has 1 spiro atoms. The van der Waals surface area contributed by atoms with Crippen LogP contribution in [0.1, 0.15) is 63.4 Å². The molecule has 2 saturated heterocycles. The predicted molar refractivity (Wildman–Crippen MR) is 123 cm³/mol. The maximum Gasteiger partial charge on any atom is 0.298 e. The summed E-state index contributed by atoms with van der Waals surface area (Å²) in [5, 5.41) is 0. The van der Waals surface area contributed by atoms with E-state index in [1.54, 1.807) is 0 Å². The molecule has 4 heteroatoms. The van der Waals surface area contributed by atoms with Gasteiger partial charge < -0.3 is 9.80 Å². The zero-order chi connectivity index (χ0) is 21.8. The van der Waals surface area contributed by atoms with E-state index in [1.165, 1.54) is 19.3 Å². The molecule has 32 heavy (non-hydrogen) atoms. The summed E-state index contributed by atoms with van der Waals surface area (Å²) in [4.78, 5) is 30.5. The quantitative estimate of drug-likeness (QED) is 0.630. The molecule has 0 unspecified atom stereocenters. The third-order valence-electron chi connectivity index (χ3n) is 9.42. The average Bonchev–Trinajstić information content (AvgIpc) is 3.20. The smallest absolute Gasteiger partial charge is 0.298 e. The number of hydrogen-bond acceptors (Lipinski definition) is 2. The van der Waals surface area contributed by atoms with Gasteiger partial charge in [0.05, 0.1) is 5.41 Å². The zero-order valence-electron chi connectivity index (χ0n) is 19.0. The summed E-state index contributed by atoms with van der Waals surface area (Å²) in [6.45, 7) is 3.36. The van der Waals surface area contributed by atoms with Crippen molar-refractivity contribution in [2.24, 2.45) is 28.6 Å². The number of amides is 2. The third-order valence-corrected chi connectivity index (χ3v) is 9.42. The zero-order valence-corrected chi connectivity index (χ0v) is 19.0. The van der Waals surface area contributed by atoms with E-state index in [4.69, 9.17) is 0 Å². The molecule has 2 heterocycles. The number of carbonyl (C=O) groups excluding carboxylic acids is 2. The molecule has 7 rings (SSSR count). The molecule has 4 nitrogen and oxygen atoms in total. The first-order valence-corrected chi connectivity index (χ1v) is 12.7. The molecule has 6 fully saturated rings. The van der Waals surface area contributed by atoms with Crippen molar-refractivity contribution in [1.29, 1.82) is 0 Å². The van der Waals surface area contributed by atoms with Gasteiger partial charge in [0.15, 0.2) is 0 Å². The van der Waals surface area contributed by atoms with Gasteiger partial charge in [0.1, 0.15) is 0 Å². The fourth-order valence-electron chi connectivity index (χ4n) is 8.13. The highest BCUT2D eigenvalue weighted by atomic mass is 16.2. The number of likely N-dealkylation sites (tertiary alicyclic amines) is 2. The molecule has 1 aromatic rings. The molecule has 4 saturated carbocycles. The van der Waals surface area contributed by atoms with Crippen molar-refractivity contribution in [3.63, 3.8) is 0 Å². The highest BCUT2D eigenvalue weighted by Crippen LogP contribution is 2.61. The first-order chi connectivity index (χ1) is 15.5. The van der Waals surface area contributed by atoms with Gasteiger partial charge in [-0.25, -0.2) is 0 Å². The van der Waals surface area contributed by atoms with Crippen LogP contribution in [0.4, 0.5) is 0 Å². The van der Waals surface area contributed by atoms with Crippen LogP contribution in [0.2, 0.25) is 0 Å².